The van der Waals surface area contributed by atoms with Gasteiger partial charge in [0.2, 0.25) is 0 Å². The van der Waals surface area contributed by atoms with Crippen molar-refractivity contribution in [1.29, 1.82) is 0 Å². The molecule has 0 saturated heterocycles. The van der Waals surface area contributed by atoms with Gasteiger partial charge in [0.05, 0.1) is 19.4 Å². The van der Waals surface area contributed by atoms with Gasteiger partial charge in [-0.15, -0.1) is 17.0 Å². The number of methoxy groups -OCH3 is 1. The molecule has 0 fully saturated rings. The number of amidine groups is 1. The van der Waals surface area contributed by atoms with Crippen LogP contribution in [-0.4, -0.2) is 30.3 Å². The van der Waals surface area contributed by atoms with Crippen LogP contribution in [0.25, 0.3) is 5.70 Å². The summed E-state index contributed by atoms with van der Waals surface area (Å²) in [6.45, 7) is 4.07. The van der Waals surface area contributed by atoms with Gasteiger partial charge in [-0.2, -0.15) is 0 Å². The maximum Gasteiger partial charge on any atom is 0.168 e. The van der Waals surface area contributed by atoms with Crippen molar-refractivity contribution >= 4 is 39.6 Å². The fraction of sp³-hybridized carbons (Fsp3) is 0.308. The van der Waals surface area contributed by atoms with E-state index in [0.717, 1.165) is 24.0 Å². The molecule has 1 aromatic carbocycles. The summed E-state index contributed by atoms with van der Waals surface area (Å²) in [5.41, 5.74) is 2.54. The molecule has 0 bridgehead atoms. The Kier molecular flexibility index (Phi) is 4.02. The number of aliphatic imine (C=N–C) groups is 1. The highest BCUT2D eigenvalue weighted by atomic mass is 79.9. The van der Waals surface area contributed by atoms with E-state index in [1.807, 2.05) is 12.1 Å². The average Bonchev–Trinajstić information content (AvgIpc) is 2.89. The van der Waals surface area contributed by atoms with Crippen LogP contribution in [0.4, 0.5) is 0 Å². The highest BCUT2D eigenvalue weighted by molar-refractivity contribution is 8.93. The zero-order chi connectivity index (χ0) is 11.8. The second-order valence-corrected chi connectivity index (χ2v) is 5.23. The lowest BCUT2D eigenvalue weighted by atomic mass is 10.1. The van der Waals surface area contributed by atoms with Crippen LogP contribution in [0.5, 0.6) is 5.75 Å². The van der Waals surface area contributed by atoms with Gasteiger partial charge in [-0.05, 0) is 36.8 Å². The van der Waals surface area contributed by atoms with E-state index in [2.05, 4.69) is 28.9 Å². The number of allylic oxidation sites excluding steroid dienone is 1. The molecule has 0 radical (unpaired) electrons. The highest BCUT2D eigenvalue weighted by Crippen LogP contribution is 2.41. The molecular weight excluding hydrogens is 312 g/mol. The topological polar surface area (TPSA) is 24.8 Å². The molecule has 3 rings (SSSR count). The SMILES string of the molecule is Br.COc1ccc(C2=C(C)SC3=NCCN32)cc1. The summed E-state index contributed by atoms with van der Waals surface area (Å²) in [5, 5.41) is 1.15. The van der Waals surface area contributed by atoms with Crippen LogP contribution in [0.2, 0.25) is 0 Å². The predicted molar refractivity (Wildman–Crippen MR) is 82.5 cm³/mol. The standard InChI is InChI=1S/C13H14N2OS.BrH/c1-9-12(15-8-7-14-13(15)17-9)10-3-5-11(16-2)6-4-10;/h3-6H,7-8H2,1-2H3;1H. The van der Waals surface area contributed by atoms with Crippen molar-refractivity contribution in [2.24, 2.45) is 4.99 Å². The van der Waals surface area contributed by atoms with Crippen molar-refractivity contribution in [1.82, 2.24) is 4.90 Å². The zero-order valence-corrected chi connectivity index (χ0v) is 12.9. The van der Waals surface area contributed by atoms with Gasteiger partial charge < -0.3 is 9.64 Å². The Labute approximate surface area is 122 Å². The lowest BCUT2D eigenvalue weighted by molar-refractivity contribution is 0.414. The smallest absolute Gasteiger partial charge is 0.168 e. The third-order valence-corrected chi connectivity index (χ3v) is 4.04. The molecule has 5 heteroatoms. The van der Waals surface area contributed by atoms with Crippen LogP contribution < -0.4 is 4.74 Å². The minimum absolute atomic E-state index is 0. The molecule has 0 atom stereocenters. The number of hydrogen-bond donors (Lipinski definition) is 0. The maximum absolute atomic E-state index is 5.19. The Morgan fingerprint density at radius 1 is 1.28 bits per heavy atom. The molecule has 0 saturated carbocycles. The molecule has 2 aliphatic rings. The van der Waals surface area contributed by atoms with Crippen LogP contribution >= 0.6 is 28.7 Å². The van der Waals surface area contributed by atoms with Gasteiger partial charge in [-0.1, -0.05) is 11.8 Å². The second-order valence-electron chi connectivity index (χ2n) is 4.05. The number of nitrogens with zero attached hydrogens (tertiary/aromatic N) is 2. The largest absolute Gasteiger partial charge is 0.497 e. The van der Waals surface area contributed by atoms with Crippen LogP contribution in [0.15, 0.2) is 34.2 Å². The summed E-state index contributed by atoms with van der Waals surface area (Å²) in [4.78, 5) is 8.13. The lowest BCUT2D eigenvalue weighted by Gasteiger charge is -2.17. The number of fused-ring (bicyclic) bond motifs is 1. The second kappa shape index (κ2) is 5.36. The van der Waals surface area contributed by atoms with Crippen molar-refractivity contribution in [3.8, 4) is 5.75 Å². The summed E-state index contributed by atoms with van der Waals surface area (Å²) in [5.74, 6) is 0.896. The monoisotopic (exact) mass is 326 g/mol. The van der Waals surface area contributed by atoms with Crippen molar-refractivity contribution in [3.05, 3.63) is 34.7 Å². The molecule has 1 aromatic rings. The minimum Gasteiger partial charge on any atom is -0.497 e. The zero-order valence-electron chi connectivity index (χ0n) is 10.3. The van der Waals surface area contributed by atoms with E-state index in [1.54, 1.807) is 18.9 Å². The Hall–Kier alpha value is -0.940. The van der Waals surface area contributed by atoms with Crippen molar-refractivity contribution in [2.75, 3.05) is 20.2 Å². The van der Waals surface area contributed by atoms with Crippen molar-refractivity contribution < 1.29 is 4.74 Å². The number of halogens is 1. The van der Waals surface area contributed by atoms with Crippen LogP contribution in [-0.2, 0) is 0 Å². The summed E-state index contributed by atoms with van der Waals surface area (Å²) < 4.78 is 5.19. The van der Waals surface area contributed by atoms with E-state index in [-0.39, 0.29) is 17.0 Å². The molecule has 2 aliphatic heterocycles. The van der Waals surface area contributed by atoms with E-state index in [0.29, 0.717) is 0 Å². The van der Waals surface area contributed by atoms with E-state index in [4.69, 9.17) is 4.74 Å². The Bertz CT molecular complexity index is 510. The summed E-state index contributed by atoms with van der Waals surface area (Å²) in [6, 6.07) is 8.23. The number of rotatable bonds is 2. The first-order chi connectivity index (χ1) is 8.29. The van der Waals surface area contributed by atoms with E-state index in [1.165, 1.54) is 16.2 Å². The molecule has 0 aliphatic carbocycles. The molecule has 3 nitrogen and oxygen atoms in total. The van der Waals surface area contributed by atoms with E-state index < -0.39 is 0 Å². The number of hydrogen-bond acceptors (Lipinski definition) is 4. The Balaban J connectivity index is 0.00000120. The quantitative estimate of drug-likeness (QED) is 0.832. The Morgan fingerprint density at radius 3 is 2.67 bits per heavy atom. The van der Waals surface area contributed by atoms with E-state index in [9.17, 15) is 0 Å². The number of benzene rings is 1. The van der Waals surface area contributed by atoms with Gasteiger partial charge in [-0.3, -0.25) is 4.99 Å². The van der Waals surface area contributed by atoms with Gasteiger partial charge >= 0.3 is 0 Å². The highest BCUT2D eigenvalue weighted by Gasteiger charge is 2.30. The molecule has 2 heterocycles. The third-order valence-electron chi connectivity index (χ3n) is 3.01. The fourth-order valence-corrected chi connectivity index (χ4v) is 3.25. The fourth-order valence-electron chi connectivity index (χ4n) is 2.20. The molecule has 0 spiro atoms. The summed E-state index contributed by atoms with van der Waals surface area (Å²) in [7, 11) is 1.69. The molecular formula is C13H15BrN2OS. The molecule has 0 N–H and O–H groups in total. The van der Waals surface area contributed by atoms with Crippen molar-refractivity contribution in [2.45, 2.75) is 6.92 Å². The minimum atomic E-state index is 0. The lowest BCUT2D eigenvalue weighted by Crippen LogP contribution is -2.19. The van der Waals surface area contributed by atoms with Gasteiger partial charge in [0.15, 0.2) is 5.17 Å². The molecule has 0 aromatic heterocycles. The molecule has 0 amide bonds. The first-order valence-corrected chi connectivity index (χ1v) is 6.46. The third kappa shape index (κ3) is 2.17. The molecule has 18 heavy (non-hydrogen) atoms. The summed E-state index contributed by atoms with van der Waals surface area (Å²) in [6.07, 6.45) is 0. The predicted octanol–water partition coefficient (Wildman–Crippen LogP) is 3.38. The first-order valence-electron chi connectivity index (χ1n) is 5.65. The number of thioether (sulfide) groups is 1. The van der Waals surface area contributed by atoms with Gasteiger partial charge in [0.1, 0.15) is 5.75 Å². The Morgan fingerprint density at radius 2 is 2.00 bits per heavy atom. The first kappa shape index (κ1) is 13.5. The van der Waals surface area contributed by atoms with E-state index >= 15 is 0 Å². The summed E-state index contributed by atoms with van der Waals surface area (Å²) >= 11 is 1.77. The molecule has 0 unspecified atom stereocenters. The van der Waals surface area contributed by atoms with Crippen molar-refractivity contribution in [3.63, 3.8) is 0 Å². The van der Waals surface area contributed by atoms with Crippen LogP contribution in [0.1, 0.15) is 12.5 Å². The van der Waals surface area contributed by atoms with Gasteiger partial charge in [-0.25, -0.2) is 0 Å². The van der Waals surface area contributed by atoms with Gasteiger partial charge in [0.25, 0.3) is 0 Å². The van der Waals surface area contributed by atoms with Crippen LogP contribution in [0.3, 0.4) is 0 Å². The molecule has 96 valence electrons. The maximum atomic E-state index is 5.19. The van der Waals surface area contributed by atoms with Crippen LogP contribution in [0, 0.1) is 0 Å². The normalized spacial score (nSPS) is 17.4. The van der Waals surface area contributed by atoms with Gasteiger partial charge in [0, 0.05) is 11.4 Å². The average molecular weight is 327 g/mol. The number of ether oxygens (including phenoxy) is 1.